The highest BCUT2D eigenvalue weighted by Crippen LogP contribution is 2.42. The maximum atomic E-state index is 14.0. The van der Waals surface area contributed by atoms with Crippen LogP contribution in [0.2, 0.25) is 0 Å². The number of carbonyl (C=O) groups excluding carboxylic acids is 2. The lowest BCUT2D eigenvalue weighted by Crippen LogP contribution is -2.71. The largest absolute Gasteiger partial charge is 0.477 e. The molecule has 15 nitrogen and oxygen atoms in total. The van der Waals surface area contributed by atoms with Crippen LogP contribution in [0.25, 0.3) is 0 Å². The number of nitrogens with zero attached hydrogens (tertiary/aromatic N) is 7. The van der Waals surface area contributed by atoms with E-state index in [1.54, 1.807) is 5.38 Å². The number of anilines is 1. The van der Waals surface area contributed by atoms with Gasteiger partial charge in [-0.3, -0.25) is 14.5 Å². The van der Waals surface area contributed by atoms with Crippen LogP contribution in [0.15, 0.2) is 118 Å². The number of carboxylic acid groups (broad SMARTS) is 1. The van der Waals surface area contributed by atoms with E-state index < -0.39 is 34.7 Å². The Labute approximate surface area is 328 Å². The summed E-state index contributed by atoms with van der Waals surface area (Å²) in [6.07, 6.45) is 1.58. The molecule has 2 aliphatic rings. The number of hydrogen-bond acceptors (Lipinski definition) is 14. The number of fused-ring (bicyclic) bond motifs is 1. The first-order valence-corrected chi connectivity index (χ1v) is 20.2. The van der Waals surface area contributed by atoms with E-state index in [-0.39, 0.29) is 29.5 Å². The van der Waals surface area contributed by atoms with Crippen LogP contribution in [0.1, 0.15) is 42.1 Å². The number of amides is 2. The van der Waals surface area contributed by atoms with Gasteiger partial charge in [0.15, 0.2) is 10.8 Å². The Hall–Kier alpha value is -5.72. The molecule has 5 aromatic rings. The van der Waals surface area contributed by atoms with Crippen molar-refractivity contribution >= 4 is 63.5 Å². The van der Waals surface area contributed by atoms with E-state index in [0.29, 0.717) is 21.6 Å². The lowest BCUT2D eigenvalue weighted by molar-refractivity contribution is -0.150. The molecule has 0 spiro atoms. The zero-order chi connectivity index (χ0) is 38.4. The van der Waals surface area contributed by atoms with E-state index in [9.17, 15) is 19.5 Å². The number of nitrogens with two attached hydrogens (primary N) is 1. The summed E-state index contributed by atoms with van der Waals surface area (Å²) in [6, 6.07) is 29.2. The quantitative estimate of drug-likeness (QED) is 0.0210. The highest BCUT2D eigenvalue weighted by Gasteiger charge is 2.54. The van der Waals surface area contributed by atoms with E-state index in [2.05, 4.69) is 67.7 Å². The molecule has 0 unspecified atom stereocenters. The van der Waals surface area contributed by atoms with Gasteiger partial charge in [-0.1, -0.05) is 126 Å². The summed E-state index contributed by atoms with van der Waals surface area (Å²) in [7, 11) is 0. The van der Waals surface area contributed by atoms with Crippen molar-refractivity contribution in [2.24, 2.45) is 5.16 Å². The molecular formula is C37H36N10O5S3. The number of oxime groups is 1. The predicted molar refractivity (Wildman–Crippen MR) is 211 cm³/mol. The molecule has 0 saturated carbocycles. The molecule has 3 aromatic carbocycles. The molecule has 0 bridgehead atoms. The summed E-state index contributed by atoms with van der Waals surface area (Å²) in [5, 5.41) is 33.6. The Bertz CT molecular complexity index is 2120. The third-order valence-electron chi connectivity index (χ3n) is 9.00. The van der Waals surface area contributed by atoms with Gasteiger partial charge in [-0.05, 0) is 39.1 Å². The average Bonchev–Trinajstić information content (AvgIpc) is 3.86. The molecule has 2 aromatic heterocycles. The number of aliphatic carboxylic acids is 1. The van der Waals surface area contributed by atoms with E-state index in [4.69, 9.17) is 15.7 Å². The summed E-state index contributed by atoms with van der Waals surface area (Å²) in [5.41, 5.74) is 2.59. The molecule has 0 radical (unpaired) electrons. The average molecular weight is 797 g/mol. The second-order valence-electron chi connectivity index (χ2n) is 12.5. The number of aromatic nitrogens is 5. The van der Waals surface area contributed by atoms with Gasteiger partial charge in [0.2, 0.25) is 5.16 Å². The fraction of sp³-hybridized carbons (Fsp3) is 0.243. The lowest BCUT2D eigenvalue weighted by Gasteiger charge is -2.49. The molecule has 2 aliphatic heterocycles. The van der Waals surface area contributed by atoms with Crippen LogP contribution in [0.4, 0.5) is 5.13 Å². The van der Waals surface area contributed by atoms with Gasteiger partial charge in [-0.15, -0.1) is 27.9 Å². The number of thioether (sulfide) groups is 2. The van der Waals surface area contributed by atoms with Crippen LogP contribution in [-0.4, -0.2) is 88.3 Å². The number of rotatable bonds is 16. The van der Waals surface area contributed by atoms with Gasteiger partial charge in [-0.2, -0.15) is 0 Å². The molecule has 55 heavy (non-hydrogen) atoms. The maximum Gasteiger partial charge on any atom is 0.352 e. The first-order chi connectivity index (χ1) is 26.8. The lowest BCUT2D eigenvalue weighted by atomic mass is 9.77. The van der Waals surface area contributed by atoms with Gasteiger partial charge < -0.3 is 26.4 Å². The van der Waals surface area contributed by atoms with Gasteiger partial charge in [0.25, 0.3) is 11.8 Å². The third kappa shape index (κ3) is 7.65. The van der Waals surface area contributed by atoms with E-state index in [0.717, 1.165) is 46.1 Å². The number of unbranched alkanes of at least 4 members (excludes halogenated alkanes) is 1. The Morgan fingerprint density at radius 2 is 1.67 bits per heavy atom. The number of benzene rings is 3. The van der Waals surface area contributed by atoms with Crippen molar-refractivity contribution < 1.29 is 24.3 Å². The normalized spacial score (nSPS) is 17.0. The first kappa shape index (κ1) is 37.6. The van der Waals surface area contributed by atoms with Crippen LogP contribution in [-0.2, 0) is 24.8 Å². The van der Waals surface area contributed by atoms with Crippen molar-refractivity contribution in [3.8, 4) is 0 Å². The highest BCUT2D eigenvalue weighted by atomic mass is 32.2. The van der Waals surface area contributed by atoms with Gasteiger partial charge in [0.1, 0.15) is 35.0 Å². The second kappa shape index (κ2) is 16.7. The van der Waals surface area contributed by atoms with Gasteiger partial charge in [-0.25, -0.2) is 9.78 Å². The number of hydrogen-bond donors (Lipinski definition) is 4. The zero-order valence-corrected chi connectivity index (χ0v) is 31.9. The van der Waals surface area contributed by atoms with Crippen LogP contribution >= 0.6 is 34.9 Å². The molecule has 7 rings (SSSR count). The molecule has 18 heteroatoms. The molecule has 1 saturated heterocycles. The van der Waals surface area contributed by atoms with Crippen molar-refractivity contribution in [3.05, 3.63) is 130 Å². The fourth-order valence-electron chi connectivity index (χ4n) is 6.34. The number of tetrazole rings is 1. The Balaban J connectivity index is 1.15. The molecule has 4 heterocycles. The molecule has 5 N–H and O–H groups in total. The van der Waals surface area contributed by atoms with E-state index in [1.807, 2.05) is 61.5 Å². The standard InChI is InChI=1S/C37H36N10O5S3/c1-2-3-19-52-43-28(31(48)40-29-32(49)46-30(34(50)51)23(20-53-33(29)46)21-55-36-42-44-45-47(36)38)27-22-54-35(39-27)41-37(24-13-7-4-8-14-24,25-15-9-5-10-16-25)26-17-11-6-12-18-26/h4-18,22,29,33H,2-3,19-21,38H2,1H3,(H,39,41)(H,40,48)(H,50,51)/b43-28-/t29-,33-/m1/s1. The summed E-state index contributed by atoms with van der Waals surface area (Å²) in [4.78, 5) is 52.6. The number of thiazole rings is 1. The fourth-order valence-corrected chi connectivity index (χ4v) is 9.37. The summed E-state index contributed by atoms with van der Waals surface area (Å²) in [5.74, 6) is 3.72. The number of carboxylic acids is 1. The van der Waals surface area contributed by atoms with Crippen molar-refractivity contribution in [1.82, 2.24) is 35.5 Å². The summed E-state index contributed by atoms with van der Waals surface area (Å²) in [6.45, 7) is 2.29. The van der Waals surface area contributed by atoms with E-state index in [1.165, 1.54) is 28.0 Å². The van der Waals surface area contributed by atoms with Gasteiger partial charge >= 0.3 is 5.97 Å². The van der Waals surface area contributed by atoms with Crippen molar-refractivity contribution in [2.45, 2.75) is 41.9 Å². The summed E-state index contributed by atoms with van der Waals surface area (Å²) >= 11 is 3.80. The minimum atomic E-state index is -1.25. The van der Waals surface area contributed by atoms with Crippen molar-refractivity contribution in [3.63, 3.8) is 0 Å². The maximum absolute atomic E-state index is 14.0. The number of nitrogens with one attached hydrogen (secondary N) is 2. The SMILES string of the molecule is CCCCO/N=C(\C(=O)N[C@@H]1C(=O)N2C(C(=O)O)=C(CSc3nnnn3N)CS[C@H]12)c1csc(NC(c2ccccc2)(c2ccccc2)c2ccccc2)n1. The Morgan fingerprint density at radius 1 is 1.04 bits per heavy atom. The first-order valence-electron chi connectivity index (χ1n) is 17.3. The smallest absolute Gasteiger partial charge is 0.352 e. The molecule has 2 atom stereocenters. The van der Waals surface area contributed by atoms with Crippen molar-refractivity contribution in [1.29, 1.82) is 0 Å². The monoisotopic (exact) mass is 796 g/mol. The minimum Gasteiger partial charge on any atom is -0.477 e. The molecule has 2 amide bonds. The van der Waals surface area contributed by atoms with Gasteiger partial charge in [0, 0.05) is 16.9 Å². The minimum absolute atomic E-state index is 0.109. The Kier molecular flexibility index (Phi) is 11.4. The zero-order valence-electron chi connectivity index (χ0n) is 29.4. The summed E-state index contributed by atoms with van der Waals surface area (Å²) < 4.78 is 0. The van der Waals surface area contributed by atoms with Gasteiger partial charge in [0.05, 0.1) is 0 Å². The van der Waals surface area contributed by atoms with Crippen LogP contribution in [0.3, 0.4) is 0 Å². The number of nitrogen functional groups attached to an aromatic ring is 1. The van der Waals surface area contributed by atoms with Crippen LogP contribution in [0.5, 0.6) is 0 Å². The predicted octanol–water partition coefficient (Wildman–Crippen LogP) is 4.30. The van der Waals surface area contributed by atoms with Crippen molar-refractivity contribution in [2.75, 3.05) is 29.3 Å². The highest BCUT2D eigenvalue weighted by molar-refractivity contribution is 8.01. The second-order valence-corrected chi connectivity index (χ2v) is 15.4. The molecule has 282 valence electrons. The van der Waals surface area contributed by atoms with Crippen LogP contribution in [0, 0.1) is 0 Å². The molecular weight excluding hydrogens is 761 g/mol. The molecule has 0 aliphatic carbocycles. The molecule has 1 fully saturated rings. The van der Waals surface area contributed by atoms with E-state index >= 15 is 0 Å². The number of carbonyl (C=O) groups is 3. The number of β-lactam (4-membered cyclic amide) rings is 1. The third-order valence-corrected chi connectivity index (χ3v) is 12.1. The Morgan fingerprint density at radius 3 is 2.24 bits per heavy atom. The van der Waals surface area contributed by atoms with Crippen LogP contribution < -0.4 is 16.5 Å². The topological polar surface area (TPSA) is 203 Å².